The second kappa shape index (κ2) is 7.63. The van der Waals surface area contributed by atoms with Crippen LogP contribution in [-0.4, -0.2) is 61.7 Å². The van der Waals surface area contributed by atoms with Gasteiger partial charge in [-0.05, 0) is 32.0 Å². The van der Waals surface area contributed by atoms with Crippen molar-refractivity contribution in [2.45, 2.75) is 56.7 Å². The molecule has 33 heavy (non-hydrogen) atoms. The molecule has 5 heterocycles. The summed E-state index contributed by atoms with van der Waals surface area (Å²) in [4.78, 5) is 21.5. The topological polar surface area (TPSA) is 63.0 Å². The van der Waals surface area contributed by atoms with Crippen molar-refractivity contribution in [3.05, 3.63) is 58.3 Å². The molecule has 6 rings (SSSR count). The number of alkyl halides is 1. The molecule has 1 aromatic carbocycles. The number of nitrogens with zero attached hydrogens (tertiary/aromatic N) is 5. The second-order valence-electron chi connectivity index (χ2n) is 9.12. The average Bonchev–Trinajstić information content (AvgIpc) is 3.36. The van der Waals surface area contributed by atoms with E-state index >= 15 is 0 Å². The van der Waals surface area contributed by atoms with E-state index in [1.807, 2.05) is 7.05 Å². The van der Waals surface area contributed by atoms with Crippen LogP contribution in [0.15, 0.2) is 30.6 Å². The van der Waals surface area contributed by atoms with Gasteiger partial charge in [0, 0.05) is 36.3 Å². The molecule has 3 aromatic rings. The summed E-state index contributed by atoms with van der Waals surface area (Å²) < 4.78 is 36.2. The highest BCUT2D eigenvalue weighted by Gasteiger charge is 2.46. The first-order valence-corrected chi connectivity index (χ1v) is 11.4. The molecule has 3 aliphatic heterocycles. The van der Waals surface area contributed by atoms with E-state index in [0.29, 0.717) is 43.0 Å². The summed E-state index contributed by atoms with van der Waals surface area (Å²) in [5.74, 6) is -0.549. The zero-order chi connectivity index (χ0) is 22.9. The number of halogens is 3. The molecular weight excluding hydrogens is 452 g/mol. The van der Waals surface area contributed by atoms with Gasteiger partial charge in [-0.15, -0.1) is 0 Å². The summed E-state index contributed by atoms with van der Waals surface area (Å²) in [7, 11) is 1.94. The zero-order valence-corrected chi connectivity index (χ0v) is 18.7. The first kappa shape index (κ1) is 20.8. The van der Waals surface area contributed by atoms with Crippen molar-refractivity contribution < 1.29 is 18.3 Å². The average molecular weight is 474 g/mol. The van der Waals surface area contributed by atoms with Crippen LogP contribution in [0.2, 0.25) is 5.02 Å². The lowest BCUT2D eigenvalue weighted by Gasteiger charge is -2.36. The van der Waals surface area contributed by atoms with E-state index in [1.165, 1.54) is 18.2 Å². The Bertz CT molecular complexity index is 1270. The van der Waals surface area contributed by atoms with E-state index < -0.39 is 12.0 Å². The highest BCUT2D eigenvalue weighted by molar-refractivity contribution is 6.30. The number of hydrogen-bond donors (Lipinski definition) is 0. The molecule has 4 atom stereocenters. The maximum Gasteiger partial charge on any atom is 0.258 e. The maximum absolute atomic E-state index is 14.3. The van der Waals surface area contributed by atoms with Gasteiger partial charge in [0.1, 0.15) is 23.8 Å². The van der Waals surface area contributed by atoms with Crippen molar-refractivity contribution in [1.29, 1.82) is 0 Å². The third kappa shape index (κ3) is 3.45. The Morgan fingerprint density at radius 2 is 2.09 bits per heavy atom. The normalized spacial score (nSPS) is 26.7. The van der Waals surface area contributed by atoms with Crippen LogP contribution < -0.4 is 4.74 Å². The summed E-state index contributed by atoms with van der Waals surface area (Å²) in [5.41, 5.74) is 2.56. The zero-order valence-electron chi connectivity index (χ0n) is 17.9. The third-order valence-electron chi connectivity index (χ3n) is 7.12. The second-order valence-corrected chi connectivity index (χ2v) is 9.55. The molecule has 2 bridgehead atoms. The first-order chi connectivity index (χ1) is 15.9. The molecule has 4 unspecified atom stereocenters. The number of ether oxygens (including phenoxy) is 1. The fourth-order valence-corrected chi connectivity index (χ4v) is 5.58. The molecule has 7 nitrogen and oxygen atoms in total. The molecule has 1 amide bonds. The maximum atomic E-state index is 14.3. The highest BCUT2D eigenvalue weighted by atomic mass is 35.5. The summed E-state index contributed by atoms with van der Waals surface area (Å²) in [6, 6.07) is 3.86. The minimum atomic E-state index is -0.881. The van der Waals surface area contributed by atoms with Gasteiger partial charge in [0.05, 0.1) is 35.6 Å². The quantitative estimate of drug-likeness (QED) is 0.581. The fraction of sp³-hybridized carbons (Fsp3) is 0.435. The first-order valence-electron chi connectivity index (χ1n) is 11.0. The van der Waals surface area contributed by atoms with Crippen molar-refractivity contribution in [2.24, 2.45) is 0 Å². The smallest absolute Gasteiger partial charge is 0.258 e. The molecule has 0 N–H and O–H groups in total. The monoisotopic (exact) mass is 473 g/mol. The lowest BCUT2D eigenvalue weighted by Crippen LogP contribution is -2.45. The summed E-state index contributed by atoms with van der Waals surface area (Å²) in [6.07, 6.45) is 3.73. The lowest BCUT2D eigenvalue weighted by atomic mass is 10.00. The number of rotatable bonds is 3. The SMILES string of the molecule is CN1C2CC(Oc3cc(F)ccc3C(=O)N3Cc4nn5cc(Cl)cnc5c4C3)CC1C(F)C2. The predicted molar refractivity (Wildman–Crippen MR) is 116 cm³/mol. The highest BCUT2D eigenvalue weighted by Crippen LogP contribution is 2.39. The Morgan fingerprint density at radius 1 is 1.24 bits per heavy atom. The minimum Gasteiger partial charge on any atom is -0.489 e. The number of hydrogen-bond acceptors (Lipinski definition) is 5. The fourth-order valence-electron chi connectivity index (χ4n) is 5.44. The predicted octanol–water partition coefficient (Wildman–Crippen LogP) is 3.63. The van der Waals surface area contributed by atoms with E-state index in [-0.39, 0.29) is 35.4 Å². The van der Waals surface area contributed by atoms with Gasteiger partial charge in [0.15, 0.2) is 5.65 Å². The molecular formula is C23H22ClF2N5O2. The Hall–Kier alpha value is -2.78. The van der Waals surface area contributed by atoms with E-state index in [0.717, 1.165) is 11.3 Å². The standard InChI is InChI=1S/C23H22ClF2N5O2/c1-29-14-5-15(7-20(29)18(26)6-14)33-21-4-13(25)2-3-16(21)23(32)30-10-17-19(11-30)28-31-9-12(24)8-27-22(17)31/h2-4,8-9,14-15,18,20H,5-7,10-11H2,1H3. The molecule has 2 saturated heterocycles. The summed E-state index contributed by atoms with van der Waals surface area (Å²) >= 11 is 5.99. The van der Waals surface area contributed by atoms with Crippen LogP contribution in [0.25, 0.3) is 5.65 Å². The molecule has 0 radical (unpaired) electrons. The van der Waals surface area contributed by atoms with Crippen LogP contribution in [0.4, 0.5) is 8.78 Å². The molecule has 3 aliphatic rings. The van der Waals surface area contributed by atoms with Gasteiger partial charge in [-0.25, -0.2) is 18.3 Å². The van der Waals surface area contributed by atoms with Gasteiger partial charge in [-0.3, -0.25) is 9.69 Å². The molecule has 172 valence electrons. The molecule has 10 heteroatoms. The van der Waals surface area contributed by atoms with E-state index in [9.17, 15) is 13.6 Å². The molecule has 0 aliphatic carbocycles. The number of amides is 1. The van der Waals surface area contributed by atoms with Crippen LogP contribution in [-0.2, 0) is 13.1 Å². The number of fused-ring (bicyclic) bond motifs is 5. The molecule has 2 aromatic heterocycles. The summed E-state index contributed by atoms with van der Waals surface area (Å²) in [5, 5.41) is 4.97. The van der Waals surface area contributed by atoms with Crippen LogP contribution in [0.1, 0.15) is 40.9 Å². The van der Waals surface area contributed by atoms with Crippen molar-refractivity contribution in [3.8, 4) is 5.75 Å². The molecule has 0 saturated carbocycles. The van der Waals surface area contributed by atoms with Gasteiger partial charge < -0.3 is 9.64 Å². The number of carbonyl (C=O) groups excluding carboxylic acids is 1. The number of aromatic nitrogens is 3. The largest absolute Gasteiger partial charge is 0.489 e. The van der Waals surface area contributed by atoms with Gasteiger partial charge in [0.2, 0.25) is 0 Å². The molecule has 2 fully saturated rings. The summed E-state index contributed by atoms with van der Waals surface area (Å²) in [6.45, 7) is 0.652. The third-order valence-corrected chi connectivity index (χ3v) is 7.31. The van der Waals surface area contributed by atoms with Crippen LogP contribution in [0.5, 0.6) is 5.75 Å². The van der Waals surface area contributed by atoms with Gasteiger partial charge in [-0.2, -0.15) is 5.10 Å². The van der Waals surface area contributed by atoms with E-state index in [4.69, 9.17) is 16.3 Å². The molecule has 0 spiro atoms. The van der Waals surface area contributed by atoms with Crippen LogP contribution in [0.3, 0.4) is 0 Å². The number of benzene rings is 1. The van der Waals surface area contributed by atoms with Gasteiger partial charge in [0.25, 0.3) is 5.91 Å². The van der Waals surface area contributed by atoms with Gasteiger partial charge in [-0.1, -0.05) is 11.6 Å². The Kier molecular flexibility index (Phi) is 4.81. The van der Waals surface area contributed by atoms with E-state index in [2.05, 4.69) is 15.0 Å². The van der Waals surface area contributed by atoms with E-state index in [1.54, 1.807) is 21.8 Å². The van der Waals surface area contributed by atoms with Crippen LogP contribution in [0, 0.1) is 5.82 Å². The minimum absolute atomic E-state index is 0.0994. The Morgan fingerprint density at radius 3 is 2.91 bits per heavy atom. The van der Waals surface area contributed by atoms with Crippen molar-refractivity contribution >= 4 is 23.2 Å². The van der Waals surface area contributed by atoms with Crippen molar-refractivity contribution in [1.82, 2.24) is 24.4 Å². The van der Waals surface area contributed by atoms with Gasteiger partial charge >= 0.3 is 0 Å². The number of piperidine rings is 1. The van der Waals surface area contributed by atoms with Crippen molar-refractivity contribution in [2.75, 3.05) is 7.05 Å². The Labute approximate surface area is 193 Å². The Balaban J connectivity index is 1.24. The lowest BCUT2D eigenvalue weighted by molar-refractivity contribution is 0.0531. The van der Waals surface area contributed by atoms with Crippen molar-refractivity contribution in [3.63, 3.8) is 0 Å². The van der Waals surface area contributed by atoms with Crippen LogP contribution >= 0.6 is 11.6 Å². The number of carbonyl (C=O) groups is 1.